The van der Waals surface area contributed by atoms with Crippen LogP contribution in [0.1, 0.15) is 43.5 Å². The molecule has 0 spiro atoms. The molecule has 1 amide bonds. The summed E-state index contributed by atoms with van der Waals surface area (Å²) in [4.78, 5) is 14.3. The Hall–Kier alpha value is -1.51. The fourth-order valence-corrected chi connectivity index (χ4v) is 1.85. The second-order valence-electron chi connectivity index (χ2n) is 4.37. The maximum atomic E-state index is 12.3. The van der Waals surface area contributed by atoms with E-state index < -0.39 is 0 Å². The average Bonchev–Trinajstić information content (AvgIpc) is 2.43. The van der Waals surface area contributed by atoms with Crippen molar-refractivity contribution in [3.8, 4) is 5.75 Å². The molecule has 1 aromatic carbocycles. The highest BCUT2D eigenvalue weighted by Crippen LogP contribution is 2.13. The number of ether oxygens (including phenoxy) is 1. The third kappa shape index (κ3) is 4.06. The van der Waals surface area contributed by atoms with Crippen LogP contribution in [0.15, 0.2) is 24.3 Å². The molecule has 18 heavy (non-hydrogen) atoms. The van der Waals surface area contributed by atoms with Crippen LogP contribution in [0.25, 0.3) is 0 Å². The number of unbranched alkanes of at least 4 members (excludes halogenated alkanes) is 1. The molecule has 100 valence electrons. The largest absolute Gasteiger partial charge is 0.497 e. The van der Waals surface area contributed by atoms with E-state index in [0.717, 1.165) is 43.7 Å². The van der Waals surface area contributed by atoms with Crippen molar-refractivity contribution in [1.82, 2.24) is 4.90 Å². The topological polar surface area (TPSA) is 29.5 Å². The molecule has 0 fully saturated rings. The predicted octanol–water partition coefficient (Wildman–Crippen LogP) is 3.35. The molecule has 0 heterocycles. The number of carbonyl (C=O) groups excluding carboxylic acids is 1. The smallest absolute Gasteiger partial charge is 0.253 e. The first-order valence-corrected chi connectivity index (χ1v) is 6.66. The lowest BCUT2D eigenvalue weighted by Crippen LogP contribution is -2.32. The standard InChI is InChI=1S/C15H23NO2/c1-4-6-12-16(11-5-2)15(17)13-7-9-14(18-3)10-8-13/h7-10H,4-6,11-12H2,1-3H3. The summed E-state index contributed by atoms with van der Waals surface area (Å²) >= 11 is 0. The minimum absolute atomic E-state index is 0.118. The van der Waals surface area contributed by atoms with Crippen LogP contribution in [0.5, 0.6) is 5.75 Å². The van der Waals surface area contributed by atoms with Crippen LogP contribution >= 0.6 is 0 Å². The lowest BCUT2D eigenvalue weighted by molar-refractivity contribution is 0.0753. The summed E-state index contributed by atoms with van der Waals surface area (Å²) in [6, 6.07) is 7.32. The van der Waals surface area contributed by atoms with Gasteiger partial charge in [-0.1, -0.05) is 20.3 Å². The zero-order chi connectivity index (χ0) is 13.4. The van der Waals surface area contributed by atoms with Gasteiger partial charge in [0.2, 0.25) is 0 Å². The number of hydrogen-bond donors (Lipinski definition) is 0. The van der Waals surface area contributed by atoms with Gasteiger partial charge in [-0.15, -0.1) is 0 Å². The first-order valence-electron chi connectivity index (χ1n) is 6.66. The molecule has 0 radical (unpaired) electrons. The molecule has 0 N–H and O–H groups in total. The van der Waals surface area contributed by atoms with E-state index in [1.807, 2.05) is 29.2 Å². The van der Waals surface area contributed by atoms with Crippen molar-refractivity contribution in [3.05, 3.63) is 29.8 Å². The third-order valence-electron chi connectivity index (χ3n) is 2.90. The minimum atomic E-state index is 0.118. The zero-order valence-corrected chi connectivity index (χ0v) is 11.6. The van der Waals surface area contributed by atoms with Crippen molar-refractivity contribution in [1.29, 1.82) is 0 Å². The van der Waals surface area contributed by atoms with Crippen molar-refractivity contribution >= 4 is 5.91 Å². The fourth-order valence-electron chi connectivity index (χ4n) is 1.85. The van der Waals surface area contributed by atoms with E-state index in [0.29, 0.717) is 0 Å². The molecule has 0 bridgehead atoms. The second kappa shape index (κ2) is 7.75. The Labute approximate surface area is 110 Å². The van der Waals surface area contributed by atoms with Gasteiger partial charge in [0.1, 0.15) is 5.75 Å². The highest BCUT2D eigenvalue weighted by Gasteiger charge is 2.14. The molecule has 0 aliphatic carbocycles. The van der Waals surface area contributed by atoms with Crippen molar-refractivity contribution in [2.75, 3.05) is 20.2 Å². The lowest BCUT2D eigenvalue weighted by Gasteiger charge is -2.22. The fraction of sp³-hybridized carbons (Fsp3) is 0.533. The van der Waals surface area contributed by atoms with Gasteiger partial charge in [-0.05, 0) is 37.1 Å². The molecule has 1 rings (SSSR count). The summed E-state index contributed by atoms with van der Waals surface area (Å²) in [6.45, 7) is 5.91. The third-order valence-corrected chi connectivity index (χ3v) is 2.90. The normalized spacial score (nSPS) is 10.2. The molecule has 0 saturated carbocycles. The number of rotatable bonds is 7. The quantitative estimate of drug-likeness (QED) is 0.741. The molecule has 3 nitrogen and oxygen atoms in total. The summed E-state index contributed by atoms with van der Waals surface area (Å²) in [5.74, 6) is 0.898. The van der Waals surface area contributed by atoms with Gasteiger partial charge in [-0.2, -0.15) is 0 Å². The van der Waals surface area contributed by atoms with E-state index in [2.05, 4.69) is 13.8 Å². The first kappa shape index (κ1) is 14.6. The van der Waals surface area contributed by atoms with Gasteiger partial charge in [0, 0.05) is 18.7 Å². The summed E-state index contributed by atoms with van der Waals surface area (Å²) in [6.07, 6.45) is 3.16. The van der Waals surface area contributed by atoms with Gasteiger partial charge >= 0.3 is 0 Å². The van der Waals surface area contributed by atoms with E-state index >= 15 is 0 Å². The van der Waals surface area contributed by atoms with Gasteiger partial charge in [-0.25, -0.2) is 0 Å². The maximum Gasteiger partial charge on any atom is 0.253 e. The van der Waals surface area contributed by atoms with Crippen LogP contribution in [0.4, 0.5) is 0 Å². The molecule has 0 saturated heterocycles. The van der Waals surface area contributed by atoms with Crippen molar-refractivity contribution in [3.63, 3.8) is 0 Å². The maximum absolute atomic E-state index is 12.3. The summed E-state index contributed by atoms with van der Waals surface area (Å²) in [5, 5.41) is 0. The van der Waals surface area contributed by atoms with E-state index in [4.69, 9.17) is 4.74 Å². The van der Waals surface area contributed by atoms with Crippen LogP contribution in [0, 0.1) is 0 Å². The Balaban J connectivity index is 2.73. The van der Waals surface area contributed by atoms with E-state index in [-0.39, 0.29) is 5.91 Å². The van der Waals surface area contributed by atoms with Crippen molar-refractivity contribution in [2.45, 2.75) is 33.1 Å². The number of methoxy groups -OCH3 is 1. The summed E-state index contributed by atoms with van der Waals surface area (Å²) < 4.78 is 5.10. The van der Waals surface area contributed by atoms with Crippen molar-refractivity contribution in [2.24, 2.45) is 0 Å². The highest BCUT2D eigenvalue weighted by atomic mass is 16.5. The molecule has 0 unspecified atom stereocenters. The molecule has 0 atom stereocenters. The van der Waals surface area contributed by atoms with E-state index in [1.54, 1.807) is 7.11 Å². The molecule has 0 aliphatic heterocycles. The Bertz CT molecular complexity index is 359. The number of benzene rings is 1. The van der Waals surface area contributed by atoms with Gasteiger partial charge in [0.25, 0.3) is 5.91 Å². The molecule has 3 heteroatoms. The summed E-state index contributed by atoms with van der Waals surface area (Å²) in [7, 11) is 1.63. The minimum Gasteiger partial charge on any atom is -0.497 e. The molecular formula is C15H23NO2. The zero-order valence-electron chi connectivity index (χ0n) is 11.6. The van der Waals surface area contributed by atoms with Gasteiger partial charge in [0.15, 0.2) is 0 Å². The molecule has 0 aromatic heterocycles. The lowest BCUT2D eigenvalue weighted by atomic mass is 10.1. The SMILES string of the molecule is CCCCN(CCC)C(=O)c1ccc(OC)cc1. The number of hydrogen-bond acceptors (Lipinski definition) is 2. The number of carbonyl (C=O) groups is 1. The first-order chi connectivity index (χ1) is 8.72. The van der Waals surface area contributed by atoms with Gasteiger partial charge < -0.3 is 9.64 Å². The monoisotopic (exact) mass is 249 g/mol. The molecule has 1 aromatic rings. The summed E-state index contributed by atoms with van der Waals surface area (Å²) in [5.41, 5.74) is 0.736. The van der Waals surface area contributed by atoms with Crippen LogP contribution in [-0.4, -0.2) is 31.0 Å². The number of nitrogens with zero attached hydrogens (tertiary/aromatic N) is 1. The van der Waals surface area contributed by atoms with Gasteiger partial charge in [-0.3, -0.25) is 4.79 Å². The van der Waals surface area contributed by atoms with Gasteiger partial charge in [0.05, 0.1) is 7.11 Å². The Morgan fingerprint density at radius 1 is 1.11 bits per heavy atom. The predicted molar refractivity (Wildman–Crippen MR) is 74.1 cm³/mol. The van der Waals surface area contributed by atoms with Crippen LogP contribution < -0.4 is 4.74 Å². The van der Waals surface area contributed by atoms with E-state index in [9.17, 15) is 4.79 Å². The Kier molecular flexibility index (Phi) is 6.26. The number of amides is 1. The molecule has 0 aliphatic rings. The van der Waals surface area contributed by atoms with Crippen LogP contribution in [0.2, 0.25) is 0 Å². The van der Waals surface area contributed by atoms with Crippen LogP contribution in [0.3, 0.4) is 0 Å². The van der Waals surface area contributed by atoms with Crippen LogP contribution in [-0.2, 0) is 0 Å². The van der Waals surface area contributed by atoms with E-state index in [1.165, 1.54) is 0 Å². The second-order valence-corrected chi connectivity index (χ2v) is 4.37. The van der Waals surface area contributed by atoms with Crippen molar-refractivity contribution < 1.29 is 9.53 Å². The Morgan fingerprint density at radius 3 is 2.28 bits per heavy atom. The highest BCUT2D eigenvalue weighted by molar-refractivity contribution is 5.94. The Morgan fingerprint density at radius 2 is 1.78 bits per heavy atom. The average molecular weight is 249 g/mol. The molecular weight excluding hydrogens is 226 g/mol.